The van der Waals surface area contributed by atoms with Crippen LogP contribution in [0.1, 0.15) is 188 Å². The Balaban J connectivity index is 1.37. The van der Waals surface area contributed by atoms with Gasteiger partial charge in [0.1, 0.15) is 0 Å². The highest BCUT2D eigenvalue weighted by Gasteiger charge is 2.42. The van der Waals surface area contributed by atoms with Gasteiger partial charge < -0.3 is 19.5 Å². The lowest BCUT2D eigenvalue weighted by atomic mass is 9.58. The van der Waals surface area contributed by atoms with E-state index < -0.39 is 0 Å². The third kappa shape index (κ3) is 20.9. The molecule has 2 fully saturated rings. The number of aliphatic hydroxyl groups excluding tert-OH is 1. The molecule has 0 aromatic carbocycles. The van der Waals surface area contributed by atoms with Crippen LogP contribution in [-0.2, 0) is 19.1 Å². The fraction of sp³-hybridized carbons (Fsp3) is 0.951. The first-order chi connectivity index (χ1) is 22.9. The van der Waals surface area contributed by atoms with E-state index in [0.29, 0.717) is 26.1 Å². The quantitative estimate of drug-likeness (QED) is 0.0609. The van der Waals surface area contributed by atoms with Gasteiger partial charge in [-0.1, -0.05) is 111 Å². The molecule has 6 nitrogen and oxygen atoms in total. The molecule has 6 heteroatoms. The minimum absolute atomic E-state index is 0.0255. The number of esters is 2. The lowest BCUT2D eigenvalue weighted by Gasteiger charge is -2.47. The lowest BCUT2D eigenvalue weighted by molar-refractivity contribution is -0.148. The normalized spacial score (nSPS) is 22.4. The smallest absolute Gasteiger partial charge is 0.306 e. The molecule has 0 saturated heterocycles. The monoisotopic (exact) mass is 664 g/mol. The van der Waals surface area contributed by atoms with Crippen LogP contribution in [0.25, 0.3) is 0 Å². The predicted molar refractivity (Wildman–Crippen MR) is 195 cm³/mol. The van der Waals surface area contributed by atoms with Crippen molar-refractivity contribution in [1.82, 2.24) is 4.90 Å². The van der Waals surface area contributed by atoms with Gasteiger partial charge in [-0.05, 0) is 100 Å². The number of aliphatic hydroxyl groups is 1. The summed E-state index contributed by atoms with van der Waals surface area (Å²) in [6, 6.07) is 0. The summed E-state index contributed by atoms with van der Waals surface area (Å²) in [7, 11) is 0. The molecule has 0 heterocycles. The molecule has 47 heavy (non-hydrogen) atoms. The van der Waals surface area contributed by atoms with Gasteiger partial charge in [-0.15, -0.1) is 0 Å². The van der Waals surface area contributed by atoms with Gasteiger partial charge in [0.05, 0.1) is 26.2 Å². The molecule has 2 saturated carbocycles. The molecule has 0 aliphatic heterocycles. The second-order valence-electron chi connectivity index (χ2n) is 15.9. The zero-order valence-corrected chi connectivity index (χ0v) is 31.4. The molecule has 0 aromatic rings. The van der Waals surface area contributed by atoms with E-state index in [1.807, 2.05) is 0 Å². The molecule has 2 unspecified atom stereocenters. The minimum atomic E-state index is -0.0282. The summed E-state index contributed by atoms with van der Waals surface area (Å²) in [5.74, 6) is 2.56. The Labute approximate surface area is 290 Å². The first kappa shape index (κ1) is 42.0. The fourth-order valence-electron chi connectivity index (χ4n) is 8.65. The van der Waals surface area contributed by atoms with Crippen LogP contribution in [0.15, 0.2) is 0 Å². The third-order valence-electron chi connectivity index (χ3n) is 11.1. The maximum absolute atomic E-state index is 12.6. The Hall–Kier alpha value is -1.14. The van der Waals surface area contributed by atoms with Crippen molar-refractivity contribution in [3.63, 3.8) is 0 Å². The van der Waals surface area contributed by atoms with Crippen LogP contribution in [0.3, 0.4) is 0 Å². The molecule has 0 aromatic heterocycles. The van der Waals surface area contributed by atoms with E-state index in [2.05, 4.69) is 25.7 Å². The van der Waals surface area contributed by atoms with Crippen molar-refractivity contribution >= 4 is 11.9 Å². The van der Waals surface area contributed by atoms with Crippen molar-refractivity contribution in [2.24, 2.45) is 23.2 Å². The van der Waals surface area contributed by atoms with Crippen molar-refractivity contribution in [2.75, 3.05) is 39.5 Å². The van der Waals surface area contributed by atoms with Crippen LogP contribution in [0.5, 0.6) is 0 Å². The van der Waals surface area contributed by atoms with Gasteiger partial charge in [0.15, 0.2) is 0 Å². The van der Waals surface area contributed by atoms with E-state index in [1.165, 1.54) is 109 Å². The Morgan fingerprint density at radius 1 is 0.638 bits per heavy atom. The molecule has 2 aliphatic carbocycles. The number of hydrogen-bond acceptors (Lipinski definition) is 6. The average Bonchev–Trinajstić information content (AvgIpc) is 3.03. The SMILES string of the molecule is CCCCCCCCCOC(=O)CCCCCCCN(CCO)CCCCCCCCOC(=O)CC1(C)CC2CC(CC)CC(C2)C1. The van der Waals surface area contributed by atoms with Crippen molar-refractivity contribution in [3.8, 4) is 0 Å². The molecule has 0 radical (unpaired) electrons. The van der Waals surface area contributed by atoms with E-state index in [4.69, 9.17) is 9.47 Å². The Morgan fingerprint density at radius 3 is 1.66 bits per heavy atom. The van der Waals surface area contributed by atoms with Crippen LogP contribution in [0.4, 0.5) is 0 Å². The Bertz CT molecular complexity index is 774. The second kappa shape index (κ2) is 26.7. The van der Waals surface area contributed by atoms with Gasteiger partial charge in [-0.3, -0.25) is 9.59 Å². The van der Waals surface area contributed by atoms with Crippen LogP contribution in [0.2, 0.25) is 0 Å². The third-order valence-corrected chi connectivity index (χ3v) is 11.1. The van der Waals surface area contributed by atoms with E-state index in [-0.39, 0.29) is 24.0 Å². The maximum Gasteiger partial charge on any atom is 0.306 e. The highest BCUT2D eigenvalue weighted by molar-refractivity contribution is 5.70. The van der Waals surface area contributed by atoms with Gasteiger partial charge in [-0.2, -0.15) is 0 Å². The van der Waals surface area contributed by atoms with Crippen LogP contribution in [0, 0.1) is 23.2 Å². The highest BCUT2D eigenvalue weighted by Crippen LogP contribution is 2.52. The van der Waals surface area contributed by atoms with Crippen molar-refractivity contribution < 1.29 is 24.2 Å². The van der Waals surface area contributed by atoms with E-state index in [9.17, 15) is 14.7 Å². The van der Waals surface area contributed by atoms with E-state index >= 15 is 0 Å². The van der Waals surface area contributed by atoms with Crippen LogP contribution >= 0.6 is 0 Å². The topological polar surface area (TPSA) is 76.1 Å². The summed E-state index contributed by atoms with van der Waals surface area (Å²) in [6.45, 7) is 11.2. The van der Waals surface area contributed by atoms with E-state index in [1.54, 1.807) is 0 Å². The molecule has 276 valence electrons. The second-order valence-corrected chi connectivity index (χ2v) is 15.9. The summed E-state index contributed by atoms with van der Waals surface area (Å²) in [5, 5.41) is 9.50. The maximum atomic E-state index is 12.6. The standard InChI is InChI=1S/C41H77NO5/c1-4-6-7-8-10-16-21-28-46-39(44)23-18-13-12-15-20-25-42(26-27-43)24-19-14-9-11-17-22-29-47-40(45)35-41(3)33-37-30-36(5-2)31-38(32-37)34-41/h36-38,43H,4-35H2,1-3H3. The summed E-state index contributed by atoms with van der Waals surface area (Å²) in [6.07, 6.45) is 30.2. The number of ether oxygens (including phenoxy) is 2. The molecule has 2 aliphatic rings. The molecule has 2 bridgehead atoms. The van der Waals surface area contributed by atoms with Crippen LogP contribution in [-0.4, -0.2) is 61.4 Å². The number of fused-ring (bicyclic) bond motifs is 2. The van der Waals surface area contributed by atoms with Gasteiger partial charge in [0.25, 0.3) is 0 Å². The van der Waals surface area contributed by atoms with Gasteiger partial charge >= 0.3 is 11.9 Å². The predicted octanol–water partition coefficient (Wildman–Crippen LogP) is 10.4. The molecule has 0 spiro atoms. The lowest BCUT2D eigenvalue weighted by Crippen LogP contribution is -2.38. The average molecular weight is 664 g/mol. The Morgan fingerprint density at radius 2 is 1.13 bits per heavy atom. The van der Waals surface area contributed by atoms with Crippen molar-refractivity contribution in [1.29, 1.82) is 0 Å². The number of hydrogen-bond donors (Lipinski definition) is 1. The molecule has 1 N–H and O–H groups in total. The first-order valence-corrected chi connectivity index (χ1v) is 20.5. The molecule has 2 rings (SSSR count). The summed E-state index contributed by atoms with van der Waals surface area (Å²) in [5.41, 5.74) is 0.150. The van der Waals surface area contributed by atoms with Crippen LogP contribution < -0.4 is 0 Å². The van der Waals surface area contributed by atoms with Gasteiger partial charge in [0.2, 0.25) is 0 Å². The molecular weight excluding hydrogens is 586 g/mol. The van der Waals surface area contributed by atoms with Gasteiger partial charge in [-0.25, -0.2) is 0 Å². The Kier molecular flexibility index (Phi) is 23.9. The molecular formula is C41H77NO5. The molecule has 2 atom stereocenters. The first-order valence-electron chi connectivity index (χ1n) is 20.5. The molecule has 0 amide bonds. The largest absolute Gasteiger partial charge is 0.466 e. The zero-order valence-electron chi connectivity index (χ0n) is 31.4. The number of unbranched alkanes of at least 4 members (excludes halogenated alkanes) is 15. The summed E-state index contributed by atoms with van der Waals surface area (Å²) in [4.78, 5) is 27.0. The number of rotatable bonds is 30. The highest BCUT2D eigenvalue weighted by atomic mass is 16.5. The van der Waals surface area contributed by atoms with Crippen molar-refractivity contribution in [2.45, 2.75) is 188 Å². The zero-order chi connectivity index (χ0) is 34.0. The number of nitrogens with zero attached hydrogens (tertiary/aromatic N) is 1. The van der Waals surface area contributed by atoms with E-state index in [0.717, 1.165) is 82.3 Å². The number of carbonyl (C=O) groups excluding carboxylic acids is 2. The number of carbonyl (C=O) groups is 2. The summed E-state index contributed by atoms with van der Waals surface area (Å²) < 4.78 is 11.1. The van der Waals surface area contributed by atoms with Gasteiger partial charge in [0, 0.05) is 13.0 Å². The fourth-order valence-corrected chi connectivity index (χ4v) is 8.65. The minimum Gasteiger partial charge on any atom is -0.466 e. The van der Waals surface area contributed by atoms with Crippen molar-refractivity contribution in [3.05, 3.63) is 0 Å². The summed E-state index contributed by atoms with van der Waals surface area (Å²) >= 11 is 0.